The monoisotopic (exact) mass is 633 g/mol. The lowest BCUT2D eigenvalue weighted by Gasteiger charge is -2.33. The SMILES string of the molecule is CC[C@@H](C(=O)NCC(C)C)N(Cc1ccc(OC)cc1)C(=O)CN(c1cc(Cl)ccc1Cl)S(=O)(=O)c1ccc(C)cc1. The van der Waals surface area contributed by atoms with Crippen LogP contribution in [0, 0.1) is 12.8 Å². The molecule has 0 aromatic heterocycles. The van der Waals surface area contributed by atoms with E-state index in [1.165, 1.54) is 35.2 Å². The van der Waals surface area contributed by atoms with Crippen molar-refractivity contribution in [1.82, 2.24) is 10.2 Å². The highest BCUT2D eigenvalue weighted by Gasteiger charge is 2.34. The smallest absolute Gasteiger partial charge is 0.264 e. The largest absolute Gasteiger partial charge is 0.497 e. The molecule has 8 nitrogen and oxygen atoms in total. The van der Waals surface area contributed by atoms with Gasteiger partial charge in [0, 0.05) is 18.1 Å². The van der Waals surface area contributed by atoms with Crippen LogP contribution in [0.1, 0.15) is 38.3 Å². The molecule has 0 saturated carbocycles. The second-order valence-corrected chi connectivity index (χ2v) is 13.1. The molecule has 1 atom stereocenters. The Labute approximate surface area is 258 Å². The summed E-state index contributed by atoms with van der Waals surface area (Å²) >= 11 is 12.7. The third kappa shape index (κ3) is 8.40. The lowest BCUT2D eigenvalue weighted by Crippen LogP contribution is -2.52. The first-order chi connectivity index (χ1) is 19.9. The molecule has 0 unspecified atom stereocenters. The van der Waals surface area contributed by atoms with E-state index in [0.717, 1.165) is 15.4 Å². The summed E-state index contributed by atoms with van der Waals surface area (Å²) in [5, 5.41) is 3.27. The van der Waals surface area contributed by atoms with Crippen molar-refractivity contribution in [3.63, 3.8) is 0 Å². The van der Waals surface area contributed by atoms with Crippen LogP contribution >= 0.6 is 23.2 Å². The first-order valence-electron chi connectivity index (χ1n) is 13.6. The van der Waals surface area contributed by atoms with E-state index >= 15 is 0 Å². The normalized spacial score (nSPS) is 12.1. The first kappa shape index (κ1) is 33.2. The predicted octanol–water partition coefficient (Wildman–Crippen LogP) is 6.09. The first-order valence-corrected chi connectivity index (χ1v) is 15.8. The van der Waals surface area contributed by atoms with E-state index in [-0.39, 0.29) is 39.0 Å². The zero-order chi connectivity index (χ0) is 31.0. The van der Waals surface area contributed by atoms with Crippen LogP contribution in [-0.4, -0.2) is 51.4 Å². The van der Waals surface area contributed by atoms with Gasteiger partial charge in [-0.1, -0.05) is 73.8 Å². The fourth-order valence-corrected chi connectivity index (χ4v) is 6.16. The molecule has 3 rings (SSSR count). The fourth-order valence-electron chi connectivity index (χ4n) is 4.30. The maximum absolute atomic E-state index is 14.2. The number of anilines is 1. The Morgan fingerprint density at radius 1 is 0.976 bits per heavy atom. The highest BCUT2D eigenvalue weighted by molar-refractivity contribution is 7.92. The van der Waals surface area contributed by atoms with E-state index < -0.39 is 28.5 Å². The van der Waals surface area contributed by atoms with Crippen LogP contribution in [0.15, 0.2) is 71.6 Å². The summed E-state index contributed by atoms with van der Waals surface area (Å²) in [6, 6.07) is 17.0. The minimum Gasteiger partial charge on any atom is -0.497 e. The minimum absolute atomic E-state index is 0.0136. The lowest BCUT2D eigenvalue weighted by molar-refractivity contribution is -0.140. The summed E-state index contributed by atoms with van der Waals surface area (Å²) in [6.07, 6.45) is 0.314. The Morgan fingerprint density at radius 3 is 2.19 bits per heavy atom. The molecule has 0 saturated heterocycles. The molecule has 0 radical (unpaired) electrons. The van der Waals surface area contributed by atoms with Gasteiger partial charge in [-0.25, -0.2) is 8.42 Å². The number of hydrogen-bond donors (Lipinski definition) is 1. The topological polar surface area (TPSA) is 96.0 Å². The number of halogens is 2. The van der Waals surface area contributed by atoms with Gasteiger partial charge in [-0.15, -0.1) is 0 Å². The molecule has 0 fully saturated rings. The predicted molar refractivity (Wildman–Crippen MR) is 168 cm³/mol. The van der Waals surface area contributed by atoms with Crippen LogP contribution in [0.2, 0.25) is 10.0 Å². The van der Waals surface area contributed by atoms with Crippen LogP contribution in [-0.2, 0) is 26.2 Å². The van der Waals surface area contributed by atoms with Crippen LogP contribution in [0.4, 0.5) is 5.69 Å². The Bertz CT molecular complexity index is 1480. The number of carbonyl (C=O) groups is 2. The standard InChI is InChI=1S/C31H37Cl2N3O5S/c1-6-28(31(38)34-18-21(2)3)35(19-23-9-12-25(41-5)13-10-23)30(37)20-36(29-17-24(32)11-16-27(29)33)42(39,40)26-14-7-22(4)8-15-26/h7-17,21,28H,6,18-20H2,1-5H3,(H,34,38)/t28-/m0/s1. The van der Waals surface area contributed by atoms with Crippen molar-refractivity contribution in [2.45, 2.75) is 51.6 Å². The molecule has 3 aromatic rings. The molecule has 0 bridgehead atoms. The third-order valence-electron chi connectivity index (χ3n) is 6.65. The van der Waals surface area contributed by atoms with Crippen molar-refractivity contribution in [3.05, 3.63) is 87.9 Å². The van der Waals surface area contributed by atoms with Crippen LogP contribution in [0.25, 0.3) is 0 Å². The van der Waals surface area contributed by atoms with E-state index in [2.05, 4.69) is 5.32 Å². The number of amides is 2. The Balaban J connectivity index is 2.08. The molecule has 2 amide bonds. The lowest BCUT2D eigenvalue weighted by atomic mass is 10.1. The maximum Gasteiger partial charge on any atom is 0.264 e. The van der Waals surface area contributed by atoms with Gasteiger partial charge >= 0.3 is 0 Å². The number of carbonyl (C=O) groups excluding carboxylic acids is 2. The Kier molecular flexibility index (Phi) is 11.7. The summed E-state index contributed by atoms with van der Waals surface area (Å²) in [4.78, 5) is 28.9. The third-order valence-corrected chi connectivity index (χ3v) is 8.98. The summed E-state index contributed by atoms with van der Waals surface area (Å²) in [5.74, 6) is -0.0486. The summed E-state index contributed by atoms with van der Waals surface area (Å²) in [7, 11) is -2.71. The zero-order valence-electron chi connectivity index (χ0n) is 24.4. The fraction of sp³-hybridized carbons (Fsp3) is 0.355. The molecule has 3 aromatic carbocycles. The minimum atomic E-state index is -4.27. The van der Waals surface area contributed by atoms with Gasteiger partial charge in [0.2, 0.25) is 11.8 Å². The van der Waals surface area contributed by atoms with Gasteiger partial charge in [0.1, 0.15) is 18.3 Å². The van der Waals surface area contributed by atoms with Crippen molar-refractivity contribution in [1.29, 1.82) is 0 Å². The molecular weight excluding hydrogens is 597 g/mol. The molecule has 1 N–H and O–H groups in total. The van der Waals surface area contributed by atoms with Crippen molar-refractivity contribution in [3.8, 4) is 5.75 Å². The summed E-state index contributed by atoms with van der Waals surface area (Å²) in [6.45, 7) is 7.50. The molecule has 0 aliphatic rings. The molecule has 0 spiro atoms. The highest BCUT2D eigenvalue weighted by Crippen LogP contribution is 2.33. The van der Waals surface area contributed by atoms with Crippen LogP contribution in [0.5, 0.6) is 5.75 Å². The van der Waals surface area contributed by atoms with Gasteiger partial charge in [0.25, 0.3) is 10.0 Å². The zero-order valence-corrected chi connectivity index (χ0v) is 26.8. The molecule has 0 aliphatic carbocycles. The number of ether oxygens (including phenoxy) is 1. The van der Waals surface area contributed by atoms with Crippen molar-refractivity contribution >= 4 is 50.7 Å². The number of methoxy groups -OCH3 is 1. The second-order valence-electron chi connectivity index (χ2n) is 10.4. The van der Waals surface area contributed by atoms with Gasteiger partial charge in [0.05, 0.1) is 22.7 Å². The van der Waals surface area contributed by atoms with Crippen LogP contribution < -0.4 is 14.4 Å². The molecule has 0 aliphatic heterocycles. The van der Waals surface area contributed by atoms with Crippen molar-refractivity contribution < 1.29 is 22.7 Å². The van der Waals surface area contributed by atoms with Crippen molar-refractivity contribution in [2.24, 2.45) is 5.92 Å². The number of aryl methyl sites for hydroxylation is 1. The average Bonchev–Trinajstić information content (AvgIpc) is 2.96. The number of nitrogens with zero attached hydrogens (tertiary/aromatic N) is 2. The summed E-state index contributed by atoms with van der Waals surface area (Å²) < 4.78 is 34.2. The van der Waals surface area contributed by atoms with Gasteiger partial charge in [-0.2, -0.15) is 0 Å². The van der Waals surface area contributed by atoms with Crippen LogP contribution in [0.3, 0.4) is 0 Å². The van der Waals surface area contributed by atoms with E-state index in [4.69, 9.17) is 27.9 Å². The van der Waals surface area contributed by atoms with Gasteiger partial charge in [0.15, 0.2) is 0 Å². The summed E-state index contributed by atoms with van der Waals surface area (Å²) in [5.41, 5.74) is 1.68. The van der Waals surface area contributed by atoms with E-state index in [1.54, 1.807) is 43.5 Å². The van der Waals surface area contributed by atoms with Gasteiger partial charge < -0.3 is 15.0 Å². The molecular formula is C31H37Cl2N3O5S. The molecule has 0 heterocycles. The van der Waals surface area contributed by atoms with E-state index in [0.29, 0.717) is 18.7 Å². The molecule has 42 heavy (non-hydrogen) atoms. The quantitative estimate of drug-likeness (QED) is 0.246. The number of hydrogen-bond acceptors (Lipinski definition) is 5. The maximum atomic E-state index is 14.2. The number of benzene rings is 3. The van der Waals surface area contributed by atoms with E-state index in [9.17, 15) is 18.0 Å². The van der Waals surface area contributed by atoms with Crippen molar-refractivity contribution in [2.75, 3.05) is 24.5 Å². The Hall–Kier alpha value is -3.27. The van der Waals surface area contributed by atoms with Gasteiger partial charge in [-0.3, -0.25) is 13.9 Å². The number of nitrogens with one attached hydrogen (secondary N) is 1. The Morgan fingerprint density at radius 2 is 1.62 bits per heavy atom. The van der Waals surface area contributed by atoms with Gasteiger partial charge in [-0.05, 0) is 67.3 Å². The van der Waals surface area contributed by atoms with E-state index in [1.807, 2.05) is 27.7 Å². The molecule has 226 valence electrons. The second kappa shape index (κ2) is 14.8. The molecule has 11 heteroatoms. The number of rotatable bonds is 13. The highest BCUT2D eigenvalue weighted by atomic mass is 35.5. The number of sulfonamides is 1. The average molecular weight is 635 g/mol.